The molecule has 0 amide bonds. The van der Waals surface area contributed by atoms with Gasteiger partial charge in [0.05, 0.1) is 6.42 Å². The van der Waals surface area contributed by atoms with Crippen LogP contribution in [0.25, 0.3) is 0 Å². The van der Waals surface area contributed by atoms with Crippen molar-refractivity contribution in [3.63, 3.8) is 0 Å². The molecule has 88 valence electrons. The molecule has 0 aliphatic carbocycles. The van der Waals surface area contributed by atoms with Crippen LogP contribution in [0.5, 0.6) is 0 Å². The first-order chi connectivity index (χ1) is 7.37. The first-order valence-corrected chi connectivity index (χ1v) is 5.77. The summed E-state index contributed by atoms with van der Waals surface area (Å²) in [7, 11) is 0. The summed E-state index contributed by atoms with van der Waals surface area (Å²) >= 11 is 2.12. The molecule has 1 nitrogen and oxygen atoms in total. The molecule has 0 radical (unpaired) electrons. The quantitative estimate of drug-likeness (QED) is 0.762. The molecule has 0 bridgehead atoms. The number of hydrogen-bond donors (Lipinski definition) is 0. The van der Waals surface area contributed by atoms with E-state index in [2.05, 4.69) is 22.6 Å². The molecule has 0 aliphatic rings. The second kappa shape index (κ2) is 5.65. The topological polar surface area (TPSA) is 17.1 Å². The van der Waals surface area contributed by atoms with E-state index in [0.717, 1.165) is 9.13 Å². The Kier molecular flexibility index (Phi) is 4.76. The van der Waals surface area contributed by atoms with E-state index in [1.165, 1.54) is 0 Å². The van der Waals surface area contributed by atoms with Crippen molar-refractivity contribution in [3.05, 3.63) is 33.4 Å². The molecular formula is C11H10F3IO. The zero-order valence-corrected chi connectivity index (χ0v) is 10.5. The standard InChI is InChI=1S/C11H10F3IO/c12-11(13,14)6-5-10(16)7-8-1-3-9(15)4-2-8/h1-4H,5-7H2. The normalized spacial score (nSPS) is 11.5. The highest BCUT2D eigenvalue weighted by atomic mass is 127. The molecule has 0 N–H and O–H groups in total. The molecule has 0 unspecified atom stereocenters. The van der Waals surface area contributed by atoms with Gasteiger partial charge in [0.2, 0.25) is 0 Å². The maximum absolute atomic E-state index is 11.9. The van der Waals surface area contributed by atoms with E-state index in [0.29, 0.717) is 0 Å². The second-order valence-corrected chi connectivity index (χ2v) is 4.70. The van der Waals surface area contributed by atoms with E-state index >= 15 is 0 Å². The van der Waals surface area contributed by atoms with Gasteiger partial charge in [0.25, 0.3) is 0 Å². The summed E-state index contributed by atoms with van der Waals surface area (Å²) in [6.07, 6.45) is -5.64. The van der Waals surface area contributed by atoms with Crippen LogP contribution in [-0.4, -0.2) is 12.0 Å². The summed E-state index contributed by atoms with van der Waals surface area (Å²) in [4.78, 5) is 11.2. The van der Waals surface area contributed by atoms with Crippen molar-refractivity contribution in [3.8, 4) is 0 Å². The lowest BCUT2D eigenvalue weighted by molar-refractivity contribution is -0.143. The third-order valence-electron chi connectivity index (χ3n) is 2.00. The van der Waals surface area contributed by atoms with Gasteiger partial charge in [-0.3, -0.25) is 4.79 Å². The van der Waals surface area contributed by atoms with Gasteiger partial charge in [-0.25, -0.2) is 0 Å². The van der Waals surface area contributed by atoms with Crippen LogP contribution in [0.4, 0.5) is 13.2 Å². The molecule has 0 saturated heterocycles. The molecule has 1 aromatic rings. The molecular weight excluding hydrogens is 332 g/mol. The summed E-state index contributed by atoms with van der Waals surface area (Å²) in [5.74, 6) is -0.376. The van der Waals surface area contributed by atoms with Crippen LogP contribution >= 0.6 is 22.6 Å². The molecule has 0 atom stereocenters. The first kappa shape index (κ1) is 13.5. The molecule has 0 aliphatic heterocycles. The molecule has 0 fully saturated rings. The molecule has 1 rings (SSSR count). The van der Waals surface area contributed by atoms with Crippen molar-refractivity contribution >= 4 is 28.4 Å². The number of ketones is 1. The third kappa shape index (κ3) is 5.48. The van der Waals surface area contributed by atoms with E-state index in [4.69, 9.17) is 0 Å². The van der Waals surface area contributed by atoms with Crippen molar-refractivity contribution in [2.75, 3.05) is 0 Å². The van der Waals surface area contributed by atoms with Gasteiger partial charge in [-0.1, -0.05) is 12.1 Å². The fourth-order valence-corrected chi connectivity index (χ4v) is 1.56. The molecule has 16 heavy (non-hydrogen) atoms. The van der Waals surface area contributed by atoms with Gasteiger partial charge < -0.3 is 0 Å². The van der Waals surface area contributed by atoms with Crippen molar-refractivity contribution in [1.29, 1.82) is 0 Å². The largest absolute Gasteiger partial charge is 0.389 e. The van der Waals surface area contributed by atoms with Crippen LogP contribution in [0.15, 0.2) is 24.3 Å². The Labute approximate surface area is 105 Å². The smallest absolute Gasteiger partial charge is 0.299 e. The number of carbonyl (C=O) groups is 1. The van der Waals surface area contributed by atoms with Crippen LogP contribution < -0.4 is 0 Å². The minimum Gasteiger partial charge on any atom is -0.299 e. The summed E-state index contributed by atoms with van der Waals surface area (Å²) in [5, 5.41) is 0. The molecule has 0 aromatic heterocycles. The lowest BCUT2D eigenvalue weighted by atomic mass is 10.1. The van der Waals surface area contributed by atoms with Gasteiger partial charge in [0.15, 0.2) is 0 Å². The van der Waals surface area contributed by atoms with Gasteiger partial charge in [-0.2, -0.15) is 13.2 Å². The van der Waals surface area contributed by atoms with Crippen LogP contribution in [-0.2, 0) is 11.2 Å². The Bertz CT molecular complexity index is 356. The van der Waals surface area contributed by atoms with Gasteiger partial charge in [0.1, 0.15) is 5.78 Å². The highest BCUT2D eigenvalue weighted by Crippen LogP contribution is 2.21. The predicted molar refractivity (Wildman–Crippen MR) is 63.2 cm³/mol. The summed E-state index contributed by atoms with van der Waals surface area (Å²) in [5.41, 5.74) is 0.757. The van der Waals surface area contributed by atoms with Crippen molar-refractivity contribution < 1.29 is 18.0 Å². The van der Waals surface area contributed by atoms with E-state index < -0.39 is 19.0 Å². The van der Waals surface area contributed by atoms with Gasteiger partial charge in [-0.15, -0.1) is 0 Å². The number of benzene rings is 1. The minimum atomic E-state index is -4.25. The highest BCUT2D eigenvalue weighted by Gasteiger charge is 2.27. The number of halogens is 4. The summed E-state index contributed by atoms with van der Waals surface area (Å²) in [6, 6.07) is 7.17. The number of Topliss-reactive ketones (excluding diaryl/α,β-unsaturated/α-hetero) is 1. The lowest BCUT2D eigenvalue weighted by Crippen LogP contribution is -2.12. The van der Waals surface area contributed by atoms with E-state index in [1.807, 2.05) is 12.1 Å². The number of hydrogen-bond acceptors (Lipinski definition) is 1. The van der Waals surface area contributed by atoms with Crippen LogP contribution in [0, 0.1) is 3.57 Å². The summed E-state index contributed by atoms with van der Waals surface area (Å²) < 4.78 is 36.6. The molecule has 1 aromatic carbocycles. The van der Waals surface area contributed by atoms with Crippen LogP contribution in [0.3, 0.4) is 0 Å². The minimum absolute atomic E-state index is 0.0764. The average molecular weight is 342 g/mol. The number of rotatable bonds is 4. The maximum Gasteiger partial charge on any atom is 0.389 e. The average Bonchev–Trinajstić information content (AvgIpc) is 2.18. The third-order valence-corrected chi connectivity index (χ3v) is 2.72. The predicted octanol–water partition coefficient (Wildman–Crippen LogP) is 3.75. The van der Waals surface area contributed by atoms with Gasteiger partial charge in [0, 0.05) is 16.4 Å². The summed E-state index contributed by atoms with van der Waals surface area (Å²) in [6.45, 7) is 0. The molecule has 0 spiro atoms. The van der Waals surface area contributed by atoms with Crippen molar-refractivity contribution in [1.82, 2.24) is 0 Å². The van der Waals surface area contributed by atoms with E-state index in [1.54, 1.807) is 12.1 Å². The zero-order chi connectivity index (χ0) is 12.2. The molecule has 0 saturated carbocycles. The van der Waals surface area contributed by atoms with Gasteiger partial charge in [-0.05, 0) is 40.3 Å². The Balaban J connectivity index is 2.43. The number of carbonyl (C=O) groups excluding carboxylic acids is 1. The van der Waals surface area contributed by atoms with Crippen molar-refractivity contribution in [2.45, 2.75) is 25.4 Å². The SMILES string of the molecule is O=C(CCC(F)(F)F)Cc1ccc(I)cc1. The monoisotopic (exact) mass is 342 g/mol. The number of alkyl halides is 3. The lowest BCUT2D eigenvalue weighted by Gasteiger charge is -2.05. The first-order valence-electron chi connectivity index (χ1n) is 4.70. The Hall–Kier alpha value is -0.590. The van der Waals surface area contributed by atoms with E-state index in [9.17, 15) is 18.0 Å². The Morgan fingerprint density at radius 1 is 1.19 bits per heavy atom. The maximum atomic E-state index is 11.9. The van der Waals surface area contributed by atoms with Crippen molar-refractivity contribution in [2.24, 2.45) is 0 Å². The Morgan fingerprint density at radius 2 is 1.75 bits per heavy atom. The van der Waals surface area contributed by atoms with Gasteiger partial charge >= 0.3 is 6.18 Å². The molecule has 0 heterocycles. The fourth-order valence-electron chi connectivity index (χ4n) is 1.20. The second-order valence-electron chi connectivity index (χ2n) is 3.46. The van der Waals surface area contributed by atoms with Crippen LogP contribution in [0.2, 0.25) is 0 Å². The zero-order valence-electron chi connectivity index (χ0n) is 8.35. The fraction of sp³-hybridized carbons (Fsp3) is 0.364. The Morgan fingerprint density at radius 3 is 2.25 bits per heavy atom. The highest BCUT2D eigenvalue weighted by molar-refractivity contribution is 14.1. The van der Waals surface area contributed by atoms with E-state index in [-0.39, 0.29) is 12.2 Å². The molecule has 5 heteroatoms. The van der Waals surface area contributed by atoms with Crippen LogP contribution in [0.1, 0.15) is 18.4 Å².